The zero-order chi connectivity index (χ0) is 19.2. The maximum atomic E-state index is 13.4. The molecule has 0 saturated heterocycles. The first-order valence-electron chi connectivity index (χ1n) is 6.33. The molecule has 0 aliphatic rings. The molecule has 2 rings (SSSR count). The Balaban J connectivity index is 2.59. The second-order valence-electron chi connectivity index (χ2n) is 4.85. The molecule has 0 aliphatic heterocycles. The van der Waals surface area contributed by atoms with E-state index in [1.807, 2.05) is 0 Å². The second-order valence-corrected chi connectivity index (χ2v) is 4.85. The number of nitro groups is 1. The predicted molar refractivity (Wildman–Crippen MR) is 66.9 cm³/mol. The van der Waals surface area contributed by atoms with E-state index in [0.29, 0.717) is 6.07 Å². The van der Waals surface area contributed by atoms with Crippen molar-refractivity contribution in [2.24, 2.45) is 0 Å². The first-order chi connectivity index (χ1) is 11.3. The molecule has 13 heteroatoms. The van der Waals surface area contributed by atoms with Crippen LogP contribution in [0.15, 0.2) is 12.1 Å². The van der Waals surface area contributed by atoms with Gasteiger partial charge in [0.25, 0.3) is 5.69 Å². The van der Waals surface area contributed by atoms with E-state index in [0.717, 1.165) is 6.92 Å². The van der Waals surface area contributed by atoms with Crippen molar-refractivity contribution >= 4 is 5.69 Å². The van der Waals surface area contributed by atoms with Gasteiger partial charge in [-0.25, -0.2) is 9.37 Å². The summed E-state index contributed by atoms with van der Waals surface area (Å²) in [5, 5.41) is 13.7. The second kappa shape index (κ2) is 5.97. The molecule has 25 heavy (non-hydrogen) atoms. The van der Waals surface area contributed by atoms with Crippen molar-refractivity contribution in [3.8, 4) is 0 Å². The highest BCUT2D eigenvalue weighted by Crippen LogP contribution is 2.35. The Morgan fingerprint density at radius 3 is 2.24 bits per heavy atom. The zero-order valence-electron chi connectivity index (χ0n) is 12.1. The van der Waals surface area contributed by atoms with Gasteiger partial charge in [0.1, 0.15) is 11.4 Å². The van der Waals surface area contributed by atoms with E-state index in [2.05, 4.69) is 10.1 Å². The summed E-state index contributed by atoms with van der Waals surface area (Å²) in [5.41, 5.74) is -5.58. The lowest BCUT2D eigenvalue weighted by Gasteiger charge is -2.10. The first kappa shape index (κ1) is 18.6. The Kier molecular flexibility index (Phi) is 4.44. The maximum Gasteiger partial charge on any atom is 0.435 e. The Bertz CT molecular complexity index is 826. The molecular formula is C12H7F7N4O2. The van der Waals surface area contributed by atoms with Gasteiger partial charge < -0.3 is 0 Å². The summed E-state index contributed by atoms with van der Waals surface area (Å²) in [6.45, 7) is -0.000181. The minimum absolute atomic E-state index is 0.102. The molecule has 2 aromatic heterocycles. The lowest BCUT2D eigenvalue weighted by Crippen LogP contribution is -2.17. The number of alkyl halides is 6. The van der Waals surface area contributed by atoms with Crippen LogP contribution in [-0.4, -0.2) is 19.7 Å². The van der Waals surface area contributed by atoms with Gasteiger partial charge in [-0.3, -0.25) is 14.8 Å². The number of pyridine rings is 1. The van der Waals surface area contributed by atoms with E-state index in [1.54, 1.807) is 0 Å². The molecule has 0 unspecified atom stereocenters. The molecule has 0 radical (unpaired) electrons. The zero-order valence-corrected chi connectivity index (χ0v) is 12.1. The standard InChI is InChI=1S/C12H7F7N4O2/c1-5-6(13)2-8(23(24)25)7(20-5)4-22-10(12(17,18)19)3-9(21-22)11(14,15)16/h2-3H,4H2,1H3. The van der Waals surface area contributed by atoms with Crippen molar-refractivity contribution < 1.29 is 35.7 Å². The van der Waals surface area contributed by atoms with Gasteiger partial charge in [0, 0.05) is 6.07 Å². The first-order valence-corrected chi connectivity index (χ1v) is 6.33. The average molecular weight is 372 g/mol. The SMILES string of the molecule is Cc1nc(Cn2nc(C(F)(F)F)cc2C(F)(F)F)c([N+](=O)[O-])cc1F. The van der Waals surface area contributed by atoms with Crippen LogP contribution in [0.4, 0.5) is 36.4 Å². The van der Waals surface area contributed by atoms with Crippen molar-refractivity contribution in [1.29, 1.82) is 0 Å². The van der Waals surface area contributed by atoms with Gasteiger partial charge in [0.2, 0.25) is 0 Å². The van der Waals surface area contributed by atoms with Crippen LogP contribution >= 0.6 is 0 Å². The fourth-order valence-electron chi connectivity index (χ4n) is 1.94. The summed E-state index contributed by atoms with van der Waals surface area (Å²) < 4.78 is 89.9. The molecule has 136 valence electrons. The molecule has 0 aliphatic carbocycles. The topological polar surface area (TPSA) is 73.8 Å². The highest BCUT2D eigenvalue weighted by atomic mass is 19.4. The number of halogens is 7. The molecule has 0 atom stereocenters. The van der Waals surface area contributed by atoms with Gasteiger partial charge in [-0.1, -0.05) is 0 Å². The van der Waals surface area contributed by atoms with E-state index in [4.69, 9.17) is 0 Å². The summed E-state index contributed by atoms with van der Waals surface area (Å²) in [4.78, 5) is 13.2. The van der Waals surface area contributed by atoms with Gasteiger partial charge in [0.15, 0.2) is 11.5 Å². The smallest absolute Gasteiger partial charge is 0.258 e. The summed E-state index contributed by atoms with van der Waals surface area (Å²) in [5.74, 6) is -1.08. The third kappa shape index (κ3) is 3.85. The monoisotopic (exact) mass is 372 g/mol. The summed E-state index contributed by atoms with van der Waals surface area (Å²) in [6, 6.07) is 0.210. The molecule has 0 amide bonds. The van der Waals surface area contributed by atoms with Gasteiger partial charge >= 0.3 is 12.4 Å². The van der Waals surface area contributed by atoms with E-state index in [1.165, 1.54) is 0 Å². The van der Waals surface area contributed by atoms with Crippen LogP contribution in [0, 0.1) is 22.9 Å². The van der Waals surface area contributed by atoms with E-state index >= 15 is 0 Å². The Morgan fingerprint density at radius 2 is 1.76 bits per heavy atom. The van der Waals surface area contributed by atoms with Gasteiger partial charge in [-0.15, -0.1) is 0 Å². The number of rotatable bonds is 3. The van der Waals surface area contributed by atoms with Crippen LogP contribution in [0.25, 0.3) is 0 Å². The fourth-order valence-corrected chi connectivity index (χ4v) is 1.94. The summed E-state index contributed by atoms with van der Waals surface area (Å²) >= 11 is 0. The highest BCUT2D eigenvalue weighted by Gasteiger charge is 2.42. The Morgan fingerprint density at radius 1 is 1.16 bits per heavy atom. The Hall–Kier alpha value is -2.73. The molecule has 2 heterocycles. The molecule has 0 aromatic carbocycles. The minimum atomic E-state index is -5.19. The van der Waals surface area contributed by atoms with Crippen molar-refractivity contribution in [3.05, 3.63) is 50.8 Å². The third-order valence-electron chi connectivity index (χ3n) is 3.06. The lowest BCUT2D eigenvalue weighted by atomic mass is 10.2. The van der Waals surface area contributed by atoms with Crippen LogP contribution in [0.1, 0.15) is 22.8 Å². The summed E-state index contributed by atoms with van der Waals surface area (Å²) in [7, 11) is 0. The summed E-state index contributed by atoms with van der Waals surface area (Å²) in [6.07, 6.45) is -10.3. The van der Waals surface area contributed by atoms with Crippen LogP contribution in [0.3, 0.4) is 0 Å². The third-order valence-corrected chi connectivity index (χ3v) is 3.06. The van der Waals surface area contributed by atoms with Gasteiger partial charge in [0.05, 0.1) is 23.2 Å². The molecule has 6 nitrogen and oxygen atoms in total. The van der Waals surface area contributed by atoms with Crippen LogP contribution in [0.2, 0.25) is 0 Å². The molecule has 2 aromatic rings. The number of aryl methyl sites for hydroxylation is 1. The van der Waals surface area contributed by atoms with Crippen LogP contribution in [0.5, 0.6) is 0 Å². The Labute approximate surface area is 134 Å². The van der Waals surface area contributed by atoms with Gasteiger partial charge in [-0.05, 0) is 6.92 Å². The van der Waals surface area contributed by atoms with Crippen LogP contribution < -0.4 is 0 Å². The van der Waals surface area contributed by atoms with Gasteiger partial charge in [-0.2, -0.15) is 31.4 Å². The largest absolute Gasteiger partial charge is 0.435 e. The van der Waals surface area contributed by atoms with Crippen molar-refractivity contribution in [2.75, 3.05) is 0 Å². The molecule has 0 saturated carbocycles. The molecule has 0 fully saturated rings. The normalized spacial score (nSPS) is 12.5. The molecule has 0 bridgehead atoms. The van der Waals surface area contributed by atoms with Crippen LogP contribution in [-0.2, 0) is 18.9 Å². The van der Waals surface area contributed by atoms with E-state index in [-0.39, 0.29) is 16.4 Å². The maximum absolute atomic E-state index is 13.4. The van der Waals surface area contributed by atoms with E-state index in [9.17, 15) is 40.8 Å². The van der Waals surface area contributed by atoms with E-state index < -0.39 is 52.4 Å². The highest BCUT2D eigenvalue weighted by molar-refractivity contribution is 5.37. The molecule has 0 N–H and O–H groups in total. The quantitative estimate of drug-likeness (QED) is 0.468. The number of hydrogen-bond donors (Lipinski definition) is 0. The molecular weight excluding hydrogens is 365 g/mol. The van der Waals surface area contributed by atoms with Crippen molar-refractivity contribution in [2.45, 2.75) is 25.8 Å². The minimum Gasteiger partial charge on any atom is -0.258 e. The van der Waals surface area contributed by atoms with Crippen molar-refractivity contribution in [3.63, 3.8) is 0 Å². The predicted octanol–water partition coefficient (Wildman–Crippen LogP) is 3.72. The lowest BCUT2D eigenvalue weighted by molar-refractivity contribution is -0.386. The number of aromatic nitrogens is 3. The van der Waals surface area contributed by atoms with Crippen molar-refractivity contribution in [1.82, 2.24) is 14.8 Å². The average Bonchev–Trinajstić information content (AvgIpc) is 2.86. The number of nitrogens with zero attached hydrogens (tertiary/aromatic N) is 4. The fraction of sp³-hybridized carbons (Fsp3) is 0.333. The molecule has 0 spiro atoms. The number of hydrogen-bond acceptors (Lipinski definition) is 4.